The van der Waals surface area contributed by atoms with Crippen molar-refractivity contribution in [2.75, 3.05) is 25.3 Å². The molecule has 30 heavy (non-hydrogen) atoms. The SMILES string of the molecule is COc1ccc(NC(=O)COC(=O)c2cnc(SC)n2-c2ccc(F)cc2)cc1Cl. The molecule has 0 bridgehead atoms. The number of nitrogens with zero attached hydrogens (tertiary/aromatic N) is 2. The molecule has 0 aliphatic rings. The highest BCUT2D eigenvalue weighted by atomic mass is 35.5. The fourth-order valence-electron chi connectivity index (χ4n) is 2.61. The van der Waals surface area contributed by atoms with Crippen LogP contribution in [-0.2, 0) is 9.53 Å². The highest BCUT2D eigenvalue weighted by Crippen LogP contribution is 2.27. The summed E-state index contributed by atoms with van der Waals surface area (Å²) in [7, 11) is 1.48. The van der Waals surface area contributed by atoms with Crippen LogP contribution in [-0.4, -0.2) is 41.4 Å². The number of methoxy groups -OCH3 is 1. The molecule has 10 heteroatoms. The second kappa shape index (κ2) is 9.64. The average Bonchev–Trinajstić information content (AvgIpc) is 3.17. The first-order chi connectivity index (χ1) is 14.4. The van der Waals surface area contributed by atoms with Gasteiger partial charge in [0.15, 0.2) is 17.5 Å². The number of esters is 1. The van der Waals surface area contributed by atoms with Gasteiger partial charge < -0.3 is 14.8 Å². The van der Waals surface area contributed by atoms with Crippen molar-refractivity contribution in [1.82, 2.24) is 9.55 Å². The van der Waals surface area contributed by atoms with Gasteiger partial charge in [0.2, 0.25) is 0 Å². The van der Waals surface area contributed by atoms with Crippen molar-refractivity contribution in [3.8, 4) is 11.4 Å². The van der Waals surface area contributed by atoms with Crippen LogP contribution in [0.1, 0.15) is 10.5 Å². The summed E-state index contributed by atoms with van der Waals surface area (Å²) in [6.45, 7) is -0.508. The topological polar surface area (TPSA) is 82.4 Å². The summed E-state index contributed by atoms with van der Waals surface area (Å²) in [6, 6.07) is 10.3. The van der Waals surface area contributed by atoms with Gasteiger partial charge in [0.05, 0.1) is 18.3 Å². The number of amides is 1. The lowest BCUT2D eigenvalue weighted by Crippen LogP contribution is -2.22. The maximum Gasteiger partial charge on any atom is 0.357 e. The Hall–Kier alpha value is -3.04. The van der Waals surface area contributed by atoms with Gasteiger partial charge in [-0.25, -0.2) is 14.2 Å². The van der Waals surface area contributed by atoms with E-state index in [2.05, 4.69) is 10.3 Å². The second-order valence-corrected chi connectivity index (χ2v) is 7.10. The second-order valence-electron chi connectivity index (χ2n) is 5.92. The van der Waals surface area contributed by atoms with Gasteiger partial charge in [-0.2, -0.15) is 0 Å². The zero-order valence-electron chi connectivity index (χ0n) is 16.0. The number of carbonyl (C=O) groups excluding carboxylic acids is 2. The molecule has 0 aliphatic heterocycles. The van der Waals surface area contributed by atoms with Crippen LogP contribution in [0, 0.1) is 5.82 Å². The van der Waals surface area contributed by atoms with E-state index in [1.54, 1.807) is 18.4 Å². The molecule has 3 rings (SSSR count). The van der Waals surface area contributed by atoms with Crippen LogP contribution < -0.4 is 10.1 Å². The van der Waals surface area contributed by atoms with Gasteiger partial charge in [0.25, 0.3) is 5.91 Å². The number of hydrogen-bond donors (Lipinski definition) is 1. The van der Waals surface area contributed by atoms with Gasteiger partial charge in [-0.3, -0.25) is 9.36 Å². The van der Waals surface area contributed by atoms with E-state index >= 15 is 0 Å². The van der Waals surface area contributed by atoms with Crippen molar-refractivity contribution in [3.05, 3.63) is 65.2 Å². The van der Waals surface area contributed by atoms with Crippen molar-refractivity contribution in [1.29, 1.82) is 0 Å². The van der Waals surface area contributed by atoms with Crippen molar-refractivity contribution in [3.63, 3.8) is 0 Å². The normalized spacial score (nSPS) is 10.5. The lowest BCUT2D eigenvalue weighted by atomic mass is 10.3. The largest absolute Gasteiger partial charge is 0.495 e. The van der Waals surface area contributed by atoms with Crippen LogP contribution >= 0.6 is 23.4 Å². The number of carbonyl (C=O) groups is 2. The summed E-state index contributed by atoms with van der Waals surface area (Å²) in [5, 5.41) is 3.44. The van der Waals surface area contributed by atoms with Gasteiger partial charge in [-0.05, 0) is 48.7 Å². The fraction of sp³-hybridized carbons (Fsp3) is 0.150. The lowest BCUT2D eigenvalue weighted by molar-refractivity contribution is -0.119. The number of nitrogens with one attached hydrogen (secondary N) is 1. The predicted molar refractivity (Wildman–Crippen MR) is 112 cm³/mol. The summed E-state index contributed by atoms with van der Waals surface area (Å²) in [6.07, 6.45) is 3.14. The minimum absolute atomic E-state index is 0.117. The van der Waals surface area contributed by atoms with Crippen LogP contribution in [0.25, 0.3) is 5.69 Å². The number of benzene rings is 2. The molecule has 0 fully saturated rings. The number of anilines is 1. The Bertz CT molecular complexity index is 1070. The highest BCUT2D eigenvalue weighted by Gasteiger charge is 2.20. The summed E-state index contributed by atoms with van der Waals surface area (Å²) >= 11 is 7.34. The third-order valence-corrected chi connectivity index (χ3v) is 4.92. The number of thioether (sulfide) groups is 1. The molecule has 7 nitrogen and oxygen atoms in total. The Morgan fingerprint density at radius 3 is 2.60 bits per heavy atom. The van der Waals surface area contributed by atoms with E-state index in [-0.39, 0.29) is 5.69 Å². The molecule has 0 atom stereocenters. The number of ether oxygens (including phenoxy) is 2. The van der Waals surface area contributed by atoms with Crippen LogP contribution in [0.5, 0.6) is 5.75 Å². The molecule has 0 unspecified atom stereocenters. The minimum atomic E-state index is -0.741. The summed E-state index contributed by atoms with van der Waals surface area (Å²) in [4.78, 5) is 28.9. The Kier molecular flexibility index (Phi) is 6.96. The molecule has 3 aromatic rings. The van der Waals surface area contributed by atoms with Crippen molar-refractivity contribution in [2.45, 2.75) is 5.16 Å². The monoisotopic (exact) mass is 449 g/mol. The molecule has 0 spiro atoms. The molecular formula is C20H17ClFN3O4S. The van der Waals surface area contributed by atoms with E-state index in [1.807, 2.05) is 0 Å². The Balaban J connectivity index is 1.69. The molecular weight excluding hydrogens is 433 g/mol. The molecule has 1 N–H and O–H groups in total. The number of halogens is 2. The first-order valence-electron chi connectivity index (χ1n) is 8.61. The Labute approximate surface area is 181 Å². The number of hydrogen-bond acceptors (Lipinski definition) is 6. The van der Waals surface area contributed by atoms with Crippen LogP contribution in [0.4, 0.5) is 10.1 Å². The average molecular weight is 450 g/mol. The Morgan fingerprint density at radius 2 is 1.97 bits per heavy atom. The van der Waals surface area contributed by atoms with E-state index in [1.165, 1.54) is 60.0 Å². The van der Waals surface area contributed by atoms with E-state index in [0.717, 1.165) is 0 Å². The summed E-state index contributed by atoms with van der Waals surface area (Å²) < 4.78 is 25.0. The minimum Gasteiger partial charge on any atom is -0.495 e. The highest BCUT2D eigenvalue weighted by molar-refractivity contribution is 7.98. The lowest BCUT2D eigenvalue weighted by Gasteiger charge is -2.11. The van der Waals surface area contributed by atoms with E-state index in [0.29, 0.717) is 27.3 Å². The third-order valence-electron chi connectivity index (χ3n) is 3.98. The molecule has 0 saturated carbocycles. The zero-order chi connectivity index (χ0) is 21.7. The van der Waals surface area contributed by atoms with E-state index in [9.17, 15) is 14.0 Å². The van der Waals surface area contributed by atoms with Gasteiger partial charge in [-0.1, -0.05) is 23.4 Å². The third kappa shape index (κ3) is 4.92. The number of rotatable bonds is 7. The van der Waals surface area contributed by atoms with Crippen molar-refractivity contribution < 1.29 is 23.5 Å². The smallest absolute Gasteiger partial charge is 0.357 e. The summed E-state index contributed by atoms with van der Waals surface area (Å²) in [5.74, 6) is -1.21. The molecule has 1 amide bonds. The van der Waals surface area contributed by atoms with Gasteiger partial charge in [0, 0.05) is 11.4 Å². The van der Waals surface area contributed by atoms with E-state index in [4.69, 9.17) is 21.1 Å². The predicted octanol–water partition coefficient (Wildman–Crippen LogP) is 4.19. The molecule has 1 heterocycles. The first kappa shape index (κ1) is 21.7. The fourth-order valence-corrected chi connectivity index (χ4v) is 3.41. The number of aromatic nitrogens is 2. The summed E-state index contributed by atoms with van der Waals surface area (Å²) in [5.41, 5.74) is 1.09. The zero-order valence-corrected chi connectivity index (χ0v) is 17.6. The van der Waals surface area contributed by atoms with Gasteiger partial charge in [-0.15, -0.1) is 0 Å². The molecule has 0 saturated heterocycles. The molecule has 156 valence electrons. The van der Waals surface area contributed by atoms with E-state index < -0.39 is 24.3 Å². The quantitative estimate of drug-likeness (QED) is 0.430. The van der Waals surface area contributed by atoms with Gasteiger partial charge in [0.1, 0.15) is 11.6 Å². The first-order valence-corrected chi connectivity index (χ1v) is 10.2. The van der Waals surface area contributed by atoms with Gasteiger partial charge >= 0.3 is 5.97 Å². The van der Waals surface area contributed by atoms with Crippen molar-refractivity contribution in [2.24, 2.45) is 0 Å². The molecule has 0 aliphatic carbocycles. The maximum absolute atomic E-state index is 13.2. The van der Waals surface area contributed by atoms with Crippen LogP contribution in [0.2, 0.25) is 5.02 Å². The Morgan fingerprint density at radius 1 is 1.23 bits per heavy atom. The van der Waals surface area contributed by atoms with Crippen LogP contribution in [0.15, 0.2) is 53.8 Å². The standard InChI is InChI=1S/C20H17ClFN3O4S/c1-28-17-8-5-13(9-15(17)21)24-18(26)11-29-19(27)16-10-23-20(30-2)25(16)14-6-3-12(22)4-7-14/h3-10H,11H2,1-2H3,(H,24,26). The van der Waals surface area contributed by atoms with Crippen molar-refractivity contribution >= 4 is 40.9 Å². The molecule has 1 aromatic heterocycles. The van der Waals surface area contributed by atoms with Crippen LogP contribution in [0.3, 0.4) is 0 Å². The maximum atomic E-state index is 13.2. The number of imidazole rings is 1. The molecule has 0 radical (unpaired) electrons. The molecule has 2 aromatic carbocycles.